The molecule has 4 rings (SSSR count). The van der Waals surface area contributed by atoms with E-state index in [9.17, 15) is 14.7 Å². The molecule has 0 atom stereocenters. The molecule has 0 spiro atoms. The van der Waals surface area contributed by atoms with Crippen molar-refractivity contribution >= 4 is 40.5 Å². The monoisotopic (exact) mass is 501 g/mol. The zero-order chi connectivity index (χ0) is 25.5. The second-order valence-electron chi connectivity index (χ2n) is 7.67. The zero-order valence-electron chi connectivity index (χ0n) is 19.4. The van der Waals surface area contributed by atoms with E-state index in [2.05, 4.69) is 4.99 Å². The lowest BCUT2D eigenvalue weighted by molar-refractivity contribution is -0.138. The van der Waals surface area contributed by atoms with E-state index in [0.717, 1.165) is 11.1 Å². The van der Waals surface area contributed by atoms with E-state index in [1.54, 1.807) is 37.3 Å². The minimum atomic E-state index is -0.971. The molecule has 8 heteroatoms. The number of ether oxygens (including phenoxy) is 2. The van der Waals surface area contributed by atoms with Gasteiger partial charge in [0, 0.05) is 0 Å². The van der Waals surface area contributed by atoms with Gasteiger partial charge in [-0.2, -0.15) is 0 Å². The first-order valence-corrected chi connectivity index (χ1v) is 12.0. The second kappa shape index (κ2) is 11.4. The number of nitrogens with zero attached hydrogens (tertiary/aromatic N) is 1. The highest BCUT2D eigenvalue weighted by atomic mass is 32.2. The van der Waals surface area contributed by atoms with Crippen LogP contribution in [0.2, 0.25) is 0 Å². The highest BCUT2D eigenvalue weighted by molar-refractivity contribution is 8.18. The molecule has 0 radical (unpaired) electrons. The lowest BCUT2D eigenvalue weighted by atomic mass is 10.1. The van der Waals surface area contributed by atoms with Gasteiger partial charge in [-0.05, 0) is 60.5 Å². The van der Waals surface area contributed by atoms with Crippen LogP contribution in [-0.2, 0) is 16.1 Å². The largest absolute Gasteiger partial charge is 0.506 e. The highest BCUT2D eigenvalue weighted by Crippen LogP contribution is 2.40. The Labute approximate surface area is 212 Å². The molecule has 0 unspecified atom stereocenters. The fraction of sp³-hybridized carbons (Fsp3) is 0.107. The van der Waals surface area contributed by atoms with E-state index in [0.29, 0.717) is 28.0 Å². The van der Waals surface area contributed by atoms with Gasteiger partial charge in [-0.25, -0.2) is 14.6 Å². The molecule has 0 aliphatic carbocycles. The number of hydrogen-bond acceptors (Lipinski definition) is 7. The van der Waals surface area contributed by atoms with Crippen molar-refractivity contribution in [3.05, 3.63) is 112 Å². The van der Waals surface area contributed by atoms with Gasteiger partial charge in [0.2, 0.25) is 0 Å². The molecule has 36 heavy (non-hydrogen) atoms. The first-order chi connectivity index (χ1) is 17.4. The van der Waals surface area contributed by atoms with Crippen LogP contribution in [0.4, 0.5) is 5.69 Å². The number of esters is 1. The number of para-hydroxylation sites is 1. The summed E-state index contributed by atoms with van der Waals surface area (Å²) >= 11 is 1.20. The number of aliphatic imine (C=N–C) groups is 1. The van der Waals surface area contributed by atoms with E-state index in [1.165, 1.54) is 23.9 Å². The summed E-state index contributed by atoms with van der Waals surface area (Å²) < 4.78 is 10.9. The molecular weight excluding hydrogens is 478 g/mol. The minimum absolute atomic E-state index is 0.0471. The maximum Gasteiger partial charge on any atom is 0.344 e. The molecule has 3 aromatic carbocycles. The molecule has 0 saturated carbocycles. The molecular formula is C28H23NO6S. The molecule has 182 valence electrons. The first kappa shape index (κ1) is 24.8. The highest BCUT2D eigenvalue weighted by Gasteiger charge is 2.33. The Balaban J connectivity index is 1.50. The lowest BCUT2D eigenvalue weighted by Crippen LogP contribution is -2.12. The fourth-order valence-corrected chi connectivity index (χ4v) is 4.37. The standard InChI is InChI=1S/C28H23NO6S/c1-2-34-28(33)24-25(30)23(36-26(24)29-21-6-4-3-5-7-21)16-18-10-14-22(15-11-18)35-17-19-8-12-20(13-9-19)27(31)32/h3-16,30H,2,17H2,1H3,(H,31,32)/b23-16-,29-26?. The molecule has 0 saturated heterocycles. The van der Waals surface area contributed by atoms with Gasteiger partial charge >= 0.3 is 11.9 Å². The molecule has 2 N–H and O–H groups in total. The van der Waals surface area contributed by atoms with Crippen molar-refractivity contribution in [3.8, 4) is 5.75 Å². The van der Waals surface area contributed by atoms with E-state index in [1.807, 2.05) is 42.5 Å². The van der Waals surface area contributed by atoms with E-state index in [4.69, 9.17) is 14.6 Å². The van der Waals surface area contributed by atoms with Crippen LogP contribution in [0.3, 0.4) is 0 Å². The Morgan fingerprint density at radius 2 is 1.67 bits per heavy atom. The van der Waals surface area contributed by atoms with Crippen LogP contribution in [0, 0.1) is 0 Å². The van der Waals surface area contributed by atoms with E-state index >= 15 is 0 Å². The van der Waals surface area contributed by atoms with Crippen LogP contribution in [0.5, 0.6) is 5.75 Å². The smallest absolute Gasteiger partial charge is 0.344 e. The SMILES string of the molecule is CCOC(=O)C1=C(O)/C(=C/c2ccc(OCc3ccc(C(=O)O)cc3)cc2)SC1=Nc1ccccc1. The number of benzene rings is 3. The predicted molar refractivity (Wildman–Crippen MR) is 140 cm³/mol. The number of hydrogen-bond donors (Lipinski definition) is 2. The number of aliphatic hydroxyl groups excluding tert-OH is 1. The van der Waals surface area contributed by atoms with Gasteiger partial charge in [0.05, 0.1) is 22.8 Å². The molecule has 1 aliphatic heterocycles. The third-order valence-corrected chi connectivity index (χ3v) is 6.16. The average molecular weight is 502 g/mol. The van der Waals surface area contributed by atoms with Crippen LogP contribution in [0.15, 0.2) is 100 Å². The molecule has 7 nitrogen and oxygen atoms in total. The Kier molecular flexibility index (Phi) is 7.87. The third kappa shape index (κ3) is 6.03. The van der Waals surface area contributed by atoms with Crippen LogP contribution in [0.1, 0.15) is 28.4 Å². The van der Waals surface area contributed by atoms with Gasteiger partial charge in [0.25, 0.3) is 0 Å². The van der Waals surface area contributed by atoms with E-state index < -0.39 is 11.9 Å². The molecule has 0 fully saturated rings. The number of aliphatic hydroxyl groups is 1. The summed E-state index contributed by atoms with van der Waals surface area (Å²) in [7, 11) is 0. The van der Waals surface area contributed by atoms with Gasteiger partial charge in [0.15, 0.2) is 0 Å². The Morgan fingerprint density at radius 3 is 2.31 bits per heavy atom. The molecule has 0 amide bonds. The first-order valence-electron chi connectivity index (χ1n) is 11.1. The summed E-state index contributed by atoms with van der Waals surface area (Å²) in [6, 6.07) is 22.9. The zero-order valence-corrected chi connectivity index (χ0v) is 20.2. The quantitative estimate of drug-likeness (QED) is 0.356. The number of aromatic carboxylic acids is 1. The van der Waals surface area contributed by atoms with Crippen molar-refractivity contribution in [1.29, 1.82) is 0 Å². The normalized spacial score (nSPS) is 15.4. The van der Waals surface area contributed by atoms with Gasteiger partial charge in [-0.1, -0.05) is 54.2 Å². The maximum absolute atomic E-state index is 12.5. The van der Waals surface area contributed by atoms with Crippen molar-refractivity contribution < 1.29 is 29.3 Å². The second-order valence-corrected chi connectivity index (χ2v) is 8.70. The average Bonchev–Trinajstić information content (AvgIpc) is 3.18. The van der Waals surface area contributed by atoms with Crippen molar-refractivity contribution in [2.45, 2.75) is 13.5 Å². The van der Waals surface area contributed by atoms with Crippen LogP contribution in [0.25, 0.3) is 6.08 Å². The maximum atomic E-state index is 12.5. The fourth-order valence-electron chi connectivity index (χ4n) is 3.33. The third-order valence-electron chi connectivity index (χ3n) is 5.14. The summed E-state index contributed by atoms with van der Waals surface area (Å²) in [6.07, 6.45) is 1.77. The molecule has 1 aliphatic rings. The number of rotatable bonds is 8. The minimum Gasteiger partial charge on any atom is -0.506 e. The number of carbonyl (C=O) groups is 2. The van der Waals surface area contributed by atoms with Crippen molar-refractivity contribution in [1.82, 2.24) is 0 Å². The van der Waals surface area contributed by atoms with Gasteiger partial charge in [-0.15, -0.1) is 0 Å². The molecule has 0 bridgehead atoms. The predicted octanol–water partition coefficient (Wildman–Crippen LogP) is 6.16. The van der Waals surface area contributed by atoms with E-state index in [-0.39, 0.29) is 23.5 Å². The van der Waals surface area contributed by atoms with Gasteiger partial charge < -0.3 is 19.7 Å². The molecule has 0 aromatic heterocycles. The number of carboxylic acid groups (broad SMARTS) is 1. The summed E-state index contributed by atoms with van der Waals surface area (Å²) in [5.41, 5.74) is 2.58. The van der Waals surface area contributed by atoms with Gasteiger partial charge in [-0.3, -0.25) is 0 Å². The lowest BCUT2D eigenvalue weighted by Gasteiger charge is -2.07. The van der Waals surface area contributed by atoms with Crippen LogP contribution < -0.4 is 4.74 Å². The van der Waals surface area contributed by atoms with Crippen molar-refractivity contribution in [2.24, 2.45) is 4.99 Å². The number of thioether (sulfide) groups is 1. The summed E-state index contributed by atoms with van der Waals surface area (Å²) in [5, 5.41) is 20.2. The number of carbonyl (C=O) groups excluding carboxylic acids is 1. The van der Waals surface area contributed by atoms with Crippen molar-refractivity contribution in [2.75, 3.05) is 6.61 Å². The Bertz CT molecular complexity index is 1340. The Morgan fingerprint density at radius 1 is 0.972 bits per heavy atom. The Hall–Kier alpha value is -4.30. The topological polar surface area (TPSA) is 105 Å². The van der Waals surface area contributed by atoms with Crippen LogP contribution in [-0.4, -0.2) is 33.8 Å². The summed E-state index contributed by atoms with van der Waals surface area (Å²) in [5.74, 6) is -1.13. The number of carboxylic acids is 1. The summed E-state index contributed by atoms with van der Waals surface area (Å²) in [4.78, 5) is 28.5. The van der Waals surface area contributed by atoms with Crippen LogP contribution >= 0.6 is 11.8 Å². The van der Waals surface area contributed by atoms with Crippen molar-refractivity contribution in [3.63, 3.8) is 0 Å². The summed E-state index contributed by atoms with van der Waals surface area (Å²) in [6.45, 7) is 2.18. The molecule has 1 heterocycles. The van der Waals surface area contributed by atoms with Gasteiger partial charge in [0.1, 0.15) is 28.7 Å². The molecule has 3 aromatic rings.